The Morgan fingerprint density at radius 1 is 1.03 bits per heavy atom. The molecule has 1 N–H and O–H groups in total. The van der Waals surface area contributed by atoms with Crippen molar-refractivity contribution in [3.05, 3.63) is 58.5 Å². The molecule has 0 unspecified atom stereocenters. The summed E-state index contributed by atoms with van der Waals surface area (Å²) in [5, 5.41) is 12.9. The van der Waals surface area contributed by atoms with Gasteiger partial charge in [0.15, 0.2) is 5.13 Å². The van der Waals surface area contributed by atoms with Crippen LogP contribution in [-0.4, -0.2) is 44.4 Å². The van der Waals surface area contributed by atoms with Crippen LogP contribution in [0, 0.1) is 19.7 Å². The van der Waals surface area contributed by atoms with Gasteiger partial charge in [0.2, 0.25) is 5.91 Å². The van der Waals surface area contributed by atoms with Crippen LogP contribution in [0.3, 0.4) is 0 Å². The van der Waals surface area contributed by atoms with Gasteiger partial charge in [-0.3, -0.25) is 4.79 Å². The Kier molecular flexibility index (Phi) is 7.83. The summed E-state index contributed by atoms with van der Waals surface area (Å²) in [6.07, 6.45) is 0. The monoisotopic (exact) mass is 529 g/mol. The lowest BCUT2D eigenvalue weighted by Gasteiger charge is -2.02. The van der Waals surface area contributed by atoms with Crippen LogP contribution in [0.25, 0.3) is 21.1 Å². The summed E-state index contributed by atoms with van der Waals surface area (Å²) in [4.78, 5) is 34.3. The number of ether oxygens (including phenoxy) is 1. The van der Waals surface area contributed by atoms with E-state index in [4.69, 9.17) is 4.74 Å². The van der Waals surface area contributed by atoms with Gasteiger partial charge >= 0.3 is 5.97 Å². The van der Waals surface area contributed by atoms with Gasteiger partial charge in [0.25, 0.3) is 0 Å². The van der Waals surface area contributed by atoms with Crippen molar-refractivity contribution in [3.8, 4) is 21.1 Å². The molecule has 0 aliphatic rings. The van der Waals surface area contributed by atoms with Gasteiger partial charge in [-0.05, 0) is 57.2 Å². The smallest absolute Gasteiger partial charge is 0.350 e. The summed E-state index contributed by atoms with van der Waals surface area (Å²) in [5.41, 5.74) is 2.83. The highest BCUT2D eigenvalue weighted by molar-refractivity contribution is 7.99. The first-order valence-corrected chi connectivity index (χ1v) is 13.1. The Labute approximate surface area is 213 Å². The number of thiazole rings is 2. The first kappa shape index (κ1) is 24.9. The first-order chi connectivity index (χ1) is 16.8. The van der Waals surface area contributed by atoms with Crippen molar-refractivity contribution in [2.45, 2.75) is 25.8 Å². The minimum atomic E-state index is -0.450. The van der Waals surface area contributed by atoms with Gasteiger partial charge in [-0.2, -0.15) is 0 Å². The molecule has 0 aliphatic carbocycles. The number of nitrogens with one attached hydrogen (secondary N) is 1. The number of amides is 1. The van der Waals surface area contributed by atoms with Gasteiger partial charge in [0, 0.05) is 5.56 Å². The fourth-order valence-corrected chi connectivity index (χ4v) is 5.53. The molecule has 180 valence electrons. The second-order valence-electron chi connectivity index (χ2n) is 7.19. The number of aromatic nitrogens is 4. The molecule has 1 aromatic carbocycles. The number of hydrogen-bond acceptors (Lipinski definition) is 10. The van der Waals surface area contributed by atoms with E-state index >= 15 is 0 Å². The molecular weight excluding hydrogens is 509 g/mol. The summed E-state index contributed by atoms with van der Waals surface area (Å²) in [6, 6.07) is 9.82. The lowest BCUT2D eigenvalue weighted by atomic mass is 10.2. The summed E-state index contributed by atoms with van der Waals surface area (Å²) in [7, 11) is 0. The number of benzene rings is 1. The van der Waals surface area contributed by atoms with Gasteiger partial charge in [0.05, 0.1) is 28.6 Å². The maximum atomic E-state index is 13.2. The molecular formula is C23H20FN5O3S3. The van der Waals surface area contributed by atoms with Crippen LogP contribution in [-0.2, 0) is 9.53 Å². The molecule has 0 atom stereocenters. The molecule has 0 bridgehead atoms. The van der Waals surface area contributed by atoms with Crippen molar-refractivity contribution in [2.24, 2.45) is 0 Å². The van der Waals surface area contributed by atoms with Crippen LogP contribution >= 0.6 is 34.4 Å². The van der Waals surface area contributed by atoms with Crippen molar-refractivity contribution in [2.75, 3.05) is 17.7 Å². The number of carbonyl (C=O) groups is 2. The number of carbonyl (C=O) groups excluding carboxylic acids is 2. The van der Waals surface area contributed by atoms with Crippen LogP contribution in [0.1, 0.15) is 28.0 Å². The molecule has 1 amide bonds. The SMILES string of the molecule is CCOC(=O)c1sc(NC(=O)CSc2ccc(-c3sc(-c4ccc(F)cc4)nc3C)nn2)nc1C. The number of thioether (sulfide) groups is 1. The molecule has 0 fully saturated rings. The zero-order valence-corrected chi connectivity index (χ0v) is 21.4. The lowest BCUT2D eigenvalue weighted by molar-refractivity contribution is -0.113. The zero-order chi connectivity index (χ0) is 24.9. The van der Waals surface area contributed by atoms with Gasteiger partial charge in [0.1, 0.15) is 26.4 Å². The maximum absolute atomic E-state index is 13.2. The predicted molar refractivity (Wildman–Crippen MR) is 135 cm³/mol. The molecule has 3 heterocycles. The predicted octanol–water partition coefficient (Wildman–Crippen LogP) is 5.39. The Bertz CT molecular complexity index is 1350. The molecule has 12 heteroatoms. The summed E-state index contributed by atoms with van der Waals surface area (Å²) in [6.45, 7) is 5.58. The largest absolute Gasteiger partial charge is 0.462 e. The topological polar surface area (TPSA) is 107 Å². The number of esters is 1. The average Bonchev–Trinajstić information content (AvgIpc) is 3.41. The Hall–Kier alpha value is -3.22. The minimum absolute atomic E-state index is 0.107. The maximum Gasteiger partial charge on any atom is 0.350 e. The third-order valence-corrected chi connectivity index (χ3v) is 7.82. The van der Waals surface area contributed by atoms with E-state index in [-0.39, 0.29) is 24.1 Å². The number of anilines is 1. The number of rotatable bonds is 8. The normalized spacial score (nSPS) is 10.9. The van der Waals surface area contributed by atoms with Crippen molar-refractivity contribution in [1.29, 1.82) is 0 Å². The van der Waals surface area contributed by atoms with E-state index in [1.165, 1.54) is 35.2 Å². The van der Waals surface area contributed by atoms with Crippen molar-refractivity contribution in [1.82, 2.24) is 20.2 Å². The molecule has 0 spiro atoms. The average molecular weight is 530 g/mol. The number of aryl methyl sites for hydroxylation is 2. The summed E-state index contributed by atoms with van der Waals surface area (Å²) >= 11 is 3.78. The fourth-order valence-electron chi connectivity index (χ4n) is 3.00. The van der Waals surface area contributed by atoms with E-state index in [1.807, 2.05) is 13.0 Å². The molecule has 0 aliphatic heterocycles. The molecule has 0 saturated carbocycles. The molecule has 0 saturated heterocycles. The Balaban J connectivity index is 1.36. The van der Waals surface area contributed by atoms with Gasteiger partial charge in [-0.15, -0.1) is 21.5 Å². The minimum Gasteiger partial charge on any atom is -0.462 e. The number of nitrogens with zero attached hydrogens (tertiary/aromatic N) is 4. The van der Waals surface area contributed by atoms with Crippen LogP contribution in [0.2, 0.25) is 0 Å². The van der Waals surface area contributed by atoms with Crippen LogP contribution in [0.15, 0.2) is 41.4 Å². The van der Waals surface area contributed by atoms with E-state index in [1.54, 1.807) is 32.0 Å². The second kappa shape index (κ2) is 11.0. The van der Waals surface area contributed by atoms with Crippen LogP contribution in [0.4, 0.5) is 9.52 Å². The fraction of sp³-hybridized carbons (Fsp3) is 0.217. The van der Waals surface area contributed by atoms with Crippen molar-refractivity contribution >= 4 is 51.4 Å². The Morgan fingerprint density at radius 2 is 1.80 bits per heavy atom. The molecule has 0 radical (unpaired) electrons. The third-order valence-electron chi connectivity index (χ3n) is 4.62. The lowest BCUT2D eigenvalue weighted by Crippen LogP contribution is -2.14. The molecule has 4 aromatic rings. The highest BCUT2D eigenvalue weighted by Crippen LogP contribution is 2.34. The van der Waals surface area contributed by atoms with Gasteiger partial charge in [-0.1, -0.05) is 23.1 Å². The molecule has 35 heavy (non-hydrogen) atoms. The van der Waals surface area contributed by atoms with Crippen molar-refractivity contribution < 1.29 is 18.7 Å². The first-order valence-electron chi connectivity index (χ1n) is 10.5. The quantitative estimate of drug-likeness (QED) is 0.239. The highest BCUT2D eigenvalue weighted by Gasteiger charge is 2.18. The molecule has 4 rings (SSSR count). The standard InChI is InChI=1S/C23H20FN5O3S3/c1-4-32-22(31)20-13(3)26-23(35-20)27-17(30)11-33-18-10-9-16(28-29-18)19-12(2)25-21(34-19)14-5-7-15(24)8-6-14/h5-10H,4,11H2,1-3H3,(H,26,27,30). The van der Waals surface area contributed by atoms with Gasteiger partial charge < -0.3 is 10.1 Å². The van der Waals surface area contributed by atoms with Crippen LogP contribution < -0.4 is 5.32 Å². The highest BCUT2D eigenvalue weighted by atomic mass is 32.2. The molecule has 3 aromatic heterocycles. The van der Waals surface area contributed by atoms with Gasteiger partial charge in [-0.25, -0.2) is 19.2 Å². The third kappa shape index (κ3) is 6.08. The van der Waals surface area contributed by atoms with E-state index in [0.29, 0.717) is 26.4 Å². The summed E-state index contributed by atoms with van der Waals surface area (Å²) in [5.74, 6) is -0.908. The van der Waals surface area contributed by atoms with E-state index in [2.05, 4.69) is 25.5 Å². The zero-order valence-electron chi connectivity index (χ0n) is 19.0. The number of hydrogen-bond donors (Lipinski definition) is 1. The van der Waals surface area contributed by atoms with E-state index in [9.17, 15) is 14.0 Å². The van der Waals surface area contributed by atoms with E-state index < -0.39 is 5.97 Å². The Morgan fingerprint density at radius 3 is 2.49 bits per heavy atom. The van der Waals surface area contributed by atoms with Crippen LogP contribution in [0.5, 0.6) is 0 Å². The second-order valence-corrected chi connectivity index (χ2v) is 10.2. The number of halogens is 1. The van der Waals surface area contributed by atoms with E-state index in [0.717, 1.165) is 32.5 Å². The summed E-state index contributed by atoms with van der Waals surface area (Å²) < 4.78 is 18.2. The molecule has 8 nitrogen and oxygen atoms in total. The van der Waals surface area contributed by atoms with Crippen molar-refractivity contribution in [3.63, 3.8) is 0 Å².